The van der Waals surface area contributed by atoms with Gasteiger partial charge in [-0.25, -0.2) is 0 Å². The Kier molecular flexibility index (Phi) is 4.17. The number of thioether (sulfide) groups is 1. The lowest BCUT2D eigenvalue weighted by atomic mass is 10.0. The summed E-state index contributed by atoms with van der Waals surface area (Å²) in [6.07, 6.45) is 2.86. The molecule has 2 heterocycles. The van der Waals surface area contributed by atoms with E-state index in [2.05, 4.69) is 34.2 Å². The van der Waals surface area contributed by atoms with E-state index in [0.717, 1.165) is 30.2 Å². The highest BCUT2D eigenvalue weighted by molar-refractivity contribution is 8.18. The minimum Gasteiger partial charge on any atom is -0.346 e. The third kappa shape index (κ3) is 3.12. The van der Waals surface area contributed by atoms with Crippen LogP contribution in [0.1, 0.15) is 16.7 Å². The lowest BCUT2D eigenvalue weighted by Crippen LogP contribution is -2.33. The van der Waals surface area contributed by atoms with Crippen molar-refractivity contribution >= 4 is 40.5 Å². The van der Waals surface area contributed by atoms with Gasteiger partial charge in [-0.15, -0.1) is 0 Å². The molecule has 2 aromatic rings. The van der Waals surface area contributed by atoms with Crippen LogP contribution in [0, 0.1) is 0 Å². The van der Waals surface area contributed by atoms with Gasteiger partial charge >= 0.3 is 0 Å². The van der Waals surface area contributed by atoms with Crippen LogP contribution in [-0.2, 0) is 17.8 Å². The number of rotatable bonds is 1. The van der Waals surface area contributed by atoms with Crippen LogP contribution in [0.5, 0.6) is 0 Å². The smallest absolute Gasteiger partial charge is 0.286 e. The second-order valence-electron chi connectivity index (χ2n) is 5.80. The number of carbonyl (C=O) groups is 1. The van der Waals surface area contributed by atoms with Crippen molar-refractivity contribution in [2.24, 2.45) is 4.99 Å². The zero-order valence-electron chi connectivity index (χ0n) is 12.9. The molecule has 0 atom stereocenters. The Morgan fingerprint density at radius 2 is 1.83 bits per heavy atom. The predicted molar refractivity (Wildman–Crippen MR) is 100 cm³/mol. The second kappa shape index (κ2) is 6.46. The minimum atomic E-state index is -0.163. The van der Waals surface area contributed by atoms with Crippen molar-refractivity contribution in [3.63, 3.8) is 0 Å². The molecule has 0 unspecified atom stereocenters. The van der Waals surface area contributed by atoms with E-state index in [9.17, 15) is 4.79 Å². The Morgan fingerprint density at radius 3 is 2.62 bits per heavy atom. The molecule has 3 nitrogen and oxygen atoms in total. The summed E-state index contributed by atoms with van der Waals surface area (Å²) in [6, 6.07) is 15.9. The predicted octanol–water partition coefficient (Wildman–Crippen LogP) is 4.37. The Hall–Kier alpha value is -2.04. The van der Waals surface area contributed by atoms with Crippen LogP contribution in [0.15, 0.2) is 58.4 Å². The van der Waals surface area contributed by atoms with Crippen LogP contribution < -0.4 is 0 Å². The molecular weight excluding hydrogens is 340 g/mol. The molecule has 24 heavy (non-hydrogen) atoms. The number of hydrogen-bond acceptors (Lipinski definition) is 3. The monoisotopic (exact) mass is 354 g/mol. The van der Waals surface area contributed by atoms with Crippen LogP contribution in [0.4, 0.5) is 0 Å². The van der Waals surface area contributed by atoms with Gasteiger partial charge in [-0.3, -0.25) is 4.79 Å². The van der Waals surface area contributed by atoms with Crippen molar-refractivity contribution in [3.8, 4) is 0 Å². The maximum atomic E-state index is 12.2. The summed E-state index contributed by atoms with van der Waals surface area (Å²) in [5.74, 6) is -0.163. The molecule has 0 fully saturated rings. The maximum absolute atomic E-state index is 12.2. The molecule has 120 valence electrons. The van der Waals surface area contributed by atoms with Gasteiger partial charge in [-0.1, -0.05) is 48.0 Å². The number of fused-ring (bicyclic) bond motifs is 1. The zero-order chi connectivity index (χ0) is 16.5. The van der Waals surface area contributed by atoms with Gasteiger partial charge in [0.05, 0.1) is 4.91 Å². The number of benzene rings is 2. The van der Waals surface area contributed by atoms with E-state index >= 15 is 0 Å². The van der Waals surface area contributed by atoms with Crippen molar-refractivity contribution in [1.29, 1.82) is 0 Å². The number of amidine groups is 1. The van der Waals surface area contributed by atoms with E-state index in [1.165, 1.54) is 22.9 Å². The molecule has 0 aliphatic carbocycles. The normalized spacial score (nSPS) is 18.7. The molecule has 1 amide bonds. The van der Waals surface area contributed by atoms with Crippen LogP contribution in [0.25, 0.3) is 6.08 Å². The standard InChI is InChI=1S/C19H15ClN2OS/c20-16-7-5-13(6-8-16)11-17-18(23)21-19(24-17)22-10-9-14-3-1-2-4-15(14)12-22/h1-8,11H,9-10,12H2. The lowest BCUT2D eigenvalue weighted by molar-refractivity contribution is -0.113. The van der Waals surface area contributed by atoms with Gasteiger partial charge in [-0.05, 0) is 53.1 Å². The number of carbonyl (C=O) groups excluding carboxylic acids is 1. The van der Waals surface area contributed by atoms with Gasteiger partial charge in [0.25, 0.3) is 5.91 Å². The molecule has 0 radical (unpaired) electrons. The fourth-order valence-corrected chi connectivity index (χ4v) is 3.97. The quantitative estimate of drug-likeness (QED) is 0.713. The van der Waals surface area contributed by atoms with Crippen molar-refractivity contribution in [2.75, 3.05) is 6.54 Å². The van der Waals surface area contributed by atoms with Gasteiger partial charge in [0, 0.05) is 18.1 Å². The second-order valence-corrected chi connectivity index (χ2v) is 7.25. The Balaban J connectivity index is 1.52. The maximum Gasteiger partial charge on any atom is 0.286 e. The molecule has 0 bridgehead atoms. The van der Waals surface area contributed by atoms with Crippen molar-refractivity contribution in [1.82, 2.24) is 4.90 Å². The Bertz CT molecular complexity index is 858. The van der Waals surface area contributed by atoms with Gasteiger partial charge < -0.3 is 4.90 Å². The first-order valence-corrected chi connectivity index (χ1v) is 8.98. The van der Waals surface area contributed by atoms with E-state index in [1.54, 1.807) is 0 Å². The summed E-state index contributed by atoms with van der Waals surface area (Å²) in [6.45, 7) is 1.70. The van der Waals surface area contributed by atoms with E-state index < -0.39 is 0 Å². The summed E-state index contributed by atoms with van der Waals surface area (Å²) in [5.41, 5.74) is 3.66. The van der Waals surface area contributed by atoms with Crippen molar-refractivity contribution in [3.05, 3.63) is 75.1 Å². The highest BCUT2D eigenvalue weighted by atomic mass is 35.5. The summed E-state index contributed by atoms with van der Waals surface area (Å²) in [5, 5.41) is 1.49. The summed E-state index contributed by atoms with van der Waals surface area (Å²) in [4.78, 5) is 19.3. The molecule has 0 spiro atoms. The average Bonchev–Trinajstić information content (AvgIpc) is 2.97. The topological polar surface area (TPSA) is 32.7 Å². The molecule has 4 rings (SSSR count). The number of halogens is 1. The minimum absolute atomic E-state index is 0.163. The summed E-state index contributed by atoms with van der Waals surface area (Å²) >= 11 is 7.35. The SMILES string of the molecule is O=C1N=C(N2CCc3ccccc3C2)SC1=Cc1ccc(Cl)cc1. The average molecular weight is 355 g/mol. The Labute approximate surface area is 150 Å². The molecule has 0 saturated heterocycles. The van der Waals surface area contributed by atoms with Gasteiger partial charge in [-0.2, -0.15) is 4.99 Å². The first-order valence-electron chi connectivity index (χ1n) is 7.79. The zero-order valence-corrected chi connectivity index (χ0v) is 14.5. The number of aliphatic imine (C=N–C) groups is 1. The van der Waals surface area contributed by atoms with Gasteiger partial charge in [0.15, 0.2) is 5.17 Å². The van der Waals surface area contributed by atoms with Crippen molar-refractivity contribution in [2.45, 2.75) is 13.0 Å². The van der Waals surface area contributed by atoms with Gasteiger partial charge in [0.2, 0.25) is 0 Å². The molecular formula is C19H15ClN2OS. The van der Waals surface area contributed by atoms with Crippen LogP contribution in [0.2, 0.25) is 5.02 Å². The lowest BCUT2D eigenvalue weighted by Gasteiger charge is -2.29. The number of hydrogen-bond donors (Lipinski definition) is 0. The molecule has 0 N–H and O–H groups in total. The van der Waals surface area contributed by atoms with E-state index in [1.807, 2.05) is 30.3 Å². The largest absolute Gasteiger partial charge is 0.346 e. The number of amides is 1. The molecule has 2 aliphatic heterocycles. The number of nitrogens with zero attached hydrogens (tertiary/aromatic N) is 2. The third-order valence-electron chi connectivity index (χ3n) is 4.18. The molecule has 5 heteroatoms. The summed E-state index contributed by atoms with van der Waals surface area (Å²) < 4.78 is 0. The van der Waals surface area contributed by atoms with Crippen LogP contribution in [0.3, 0.4) is 0 Å². The van der Waals surface area contributed by atoms with Gasteiger partial charge in [0.1, 0.15) is 0 Å². The molecule has 0 aromatic heterocycles. The molecule has 2 aliphatic rings. The fraction of sp³-hybridized carbons (Fsp3) is 0.158. The highest BCUT2D eigenvalue weighted by Crippen LogP contribution is 2.32. The Morgan fingerprint density at radius 1 is 1.08 bits per heavy atom. The van der Waals surface area contributed by atoms with Crippen LogP contribution >= 0.6 is 23.4 Å². The summed E-state index contributed by atoms with van der Waals surface area (Å²) in [7, 11) is 0. The van der Waals surface area contributed by atoms with E-state index in [4.69, 9.17) is 11.6 Å². The first-order chi connectivity index (χ1) is 11.7. The highest BCUT2D eigenvalue weighted by Gasteiger charge is 2.28. The van der Waals surface area contributed by atoms with Crippen molar-refractivity contribution < 1.29 is 4.79 Å². The molecule has 0 saturated carbocycles. The fourth-order valence-electron chi connectivity index (χ4n) is 2.90. The van der Waals surface area contributed by atoms with E-state index in [0.29, 0.717) is 9.93 Å². The van der Waals surface area contributed by atoms with E-state index in [-0.39, 0.29) is 5.91 Å². The first kappa shape index (κ1) is 15.5. The third-order valence-corrected chi connectivity index (χ3v) is 5.47. The molecule has 2 aromatic carbocycles. The van der Waals surface area contributed by atoms with Crippen LogP contribution in [-0.4, -0.2) is 22.5 Å².